The summed E-state index contributed by atoms with van der Waals surface area (Å²) in [4.78, 5) is 14.4. The molecule has 21 heavy (non-hydrogen) atoms. The Morgan fingerprint density at radius 1 is 1.19 bits per heavy atom. The molecule has 0 radical (unpaired) electrons. The zero-order valence-corrected chi connectivity index (χ0v) is 13.4. The number of rotatable bonds is 5. The molecule has 0 aliphatic rings. The highest BCUT2D eigenvalue weighted by molar-refractivity contribution is 9.09. The molecule has 0 aromatic heterocycles. The number of nitrogens with zero attached hydrogens (tertiary/aromatic N) is 1. The van der Waals surface area contributed by atoms with Crippen molar-refractivity contribution >= 4 is 21.8 Å². The minimum atomic E-state index is -0.387. The van der Waals surface area contributed by atoms with Crippen molar-refractivity contribution in [1.82, 2.24) is 4.90 Å². The SMILES string of the molecule is Cc1ccc(F)cc1C(=O)N(CCBr)Cc1ccccc1. The van der Waals surface area contributed by atoms with Crippen LogP contribution in [0.15, 0.2) is 48.5 Å². The zero-order chi connectivity index (χ0) is 15.2. The molecule has 2 rings (SSSR count). The van der Waals surface area contributed by atoms with Crippen molar-refractivity contribution in [2.45, 2.75) is 13.5 Å². The van der Waals surface area contributed by atoms with E-state index in [1.807, 2.05) is 37.3 Å². The van der Waals surface area contributed by atoms with Crippen LogP contribution in [0.4, 0.5) is 4.39 Å². The van der Waals surface area contributed by atoms with E-state index in [9.17, 15) is 9.18 Å². The third kappa shape index (κ3) is 4.14. The summed E-state index contributed by atoms with van der Waals surface area (Å²) in [5.74, 6) is -0.530. The van der Waals surface area contributed by atoms with Gasteiger partial charge in [-0.2, -0.15) is 0 Å². The molecule has 2 nitrogen and oxygen atoms in total. The molecule has 2 aromatic rings. The number of halogens is 2. The molecule has 110 valence electrons. The third-order valence-corrected chi connectivity index (χ3v) is 3.64. The van der Waals surface area contributed by atoms with E-state index in [4.69, 9.17) is 0 Å². The minimum Gasteiger partial charge on any atom is -0.333 e. The second-order valence-corrected chi connectivity index (χ2v) is 5.65. The van der Waals surface area contributed by atoms with E-state index in [-0.39, 0.29) is 11.7 Å². The summed E-state index contributed by atoms with van der Waals surface area (Å²) in [5.41, 5.74) is 2.27. The van der Waals surface area contributed by atoms with Gasteiger partial charge in [-0.3, -0.25) is 4.79 Å². The lowest BCUT2D eigenvalue weighted by atomic mass is 10.1. The van der Waals surface area contributed by atoms with Gasteiger partial charge in [-0.05, 0) is 30.2 Å². The van der Waals surface area contributed by atoms with Crippen LogP contribution in [0.2, 0.25) is 0 Å². The number of alkyl halides is 1. The van der Waals surface area contributed by atoms with Gasteiger partial charge in [-0.25, -0.2) is 4.39 Å². The maximum absolute atomic E-state index is 13.4. The number of hydrogen-bond donors (Lipinski definition) is 0. The number of carbonyl (C=O) groups excluding carboxylic acids is 1. The molecule has 0 unspecified atom stereocenters. The second-order valence-electron chi connectivity index (χ2n) is 4.86. The third-order valence-electron chi connectivity index (χ3n) is 3.29. The van der Waals surface area contributed by atoms with Crippen molar-refractivity contribution in [3.63, 3.8) is 0 Å². The highest BCUT2D eigenvalue weighted by Crippen LogP contribution is 2.15. The Balaban J connectivity index is 2.25. The standard InChI is InChI=1S/C17H17BrFNO/c1-13-7-8-15(19)11-16(13)17(21)20(10-9-18)12-14-5-3-2-4-6-14/h2-8,11H,9-10,12H2,1H3. The van der Waals surface area contributed by atoms with Crippen LogP contribution in [0, 0.1) is 12.7 Å². The lowest BCUT2D eigenvalue weighted by Crippen LogP contribution is -2.32. The Kier molecular flexibility index (Phi) is 5.51. The fourth-order valence-corrected chi connectivity index (χ4v) is 2.58. The first-order chi connectivity index (χ1) is 10.1. The van der Waals surface area contributed by atoms with E-state index in [0.29, 0.717) is 24.0 Å². The van der Waals surface area contributed by atoms with E-state index >= 15 is 0 Å². The monoisotopic (exact) mass is 349 g/mol. The minimum absolute atomic E-state index is 0.143. The van der Waals surface area contributed by atoms with Crippen molar-refractivity contribution in [3.8, 4) is 0 Å². The number of hydrogen-bond acceptors (Lipinski definition) is 1. The van der Waals surface area contributed by atoms with Crippen LogP contribution in [-0.2, 0) is 6.54 Å². The van der Waals surface area contributed by atoms with Crippen LogP contribution >= 0.6 is 15.9 Å². The van der Waals surface area contributed by atoms with Crippen LogP contribution in [0.25, 0.3) is 0 Å². The van der Waals surface area contributed by atoms with Gasteiger partial charge >= 0.3 is 0 Å². The molecular formula is C17H17BrFNO. The average Bonchev–Trinajstić information content (AvgIpc) is 2.49. The zero-order valence-electron chi connectivity index (χ0n) is 11.9. The Hall–Kier alpha value is -1.68. The van der Waals surface area contributed by atoms with Gasteiger partial charge in [0, 0.05) is 24.0 Å². The van der Waals surface area contributed by atoms with Gasteiger partial charge in [-0.15, -0.1) is 0 Å². The summed E-state index contributed by atoms with van der Waals surface area (Å²) >= 11 is 3.37. The summed E-state index contributed by atoms with van der Waals surface area (Å²) in [7, 11) is 0. The van der Waals surface area contributed by atoms with Gasteiger partial charge in [0.2, 0.25) is 0 Å². The topological polar surface area (TPSA) is 20.3 Å². The fourth-order valence-electron chi connectivity index (χ4n) is 2.15. The molecule has 0 fully saturated rings. The van der Waals surface area contributed by atoms with Crippen molar-refractivity contribution in [2.75, 3.05) is 11.9 Å². The molecule has 2 aromatic carbocycles. The Labute approximate surface area is 132 Å². The van der Waals surface area contributed by atoms with Gasteiger partial charge < -0.3 is 4.90 Å². The predicted molar refractivity (Wildman–Crippen MR) is 86.1 cm³/mol. The highest BCUT2D eigenvalue weighted by Gasteiger charge is 2.18. The number of amides is 1. The maximum Gasteiger partial charge on any atom is 0.254 e. The molecule has 0 heterocycles. The predicted octanol–water partition coefficient (Wildman–Crippen LogP) is 4.17. The summed E-state index contributed by atoms with van der Waals surface area (Å²) in [6.45, 7) is 2.91. The summed E-state index contributed by atoms with van der Waals surface area (Å²) in [6.07, 6.45) is 0. The molecule has 0 N–H and O–H groups in total. The van der Waals surface area contributed by atoms with Crippen LogP contribution < -0.4 is 0 Å². The summed E-state index contributed by atoms with van der Waals surface area (Å²) in [5, 5.41) is 0.680. The van der Waals surface area contributed by atoms with Gasteiger partial charge in [0.25, 0.3) is 5.91 Å². The van der Waals surface area contributed by atoms with Crippen molar-refractivity contribution in [2.24, 2.45) is 0 Å². The molecule has 0 saturated heterocycles. The Bertz CT molecular complexity index is 615. The number of benzene rings is 2. The number of aryl methyl sites for hydroxylation is 1. The first-order valence-electron chi connectivity index (χ1n) is 6.77. The summed E-state index contributed by atoms with van der Waals surface area (Å²) in [6, 6.07) is 14.1. The van der Waals surface area contributed by atoms with Gasteiger partial charge in [0.15, 0.2) is 0 Å². The Morgan fingerprint density at radius 2 is 1.90 bits per heavy atom. The molecule has 1 amide bonds. The van der Waals surface area contributed by atoms with Gasteiger partial charge in [0.1, 0.15) is 5.82 Å². The number of carbonyl (C=O) groups is 1. The smallest absolute Gasteiger partial charge is 0.254 e. The highest BCUT2D eigenvalue weighted by atomic mass is 79.9. The van der Waals surface area contributed by atoms with E-state index in [1.165, 1.54) is 12.1 Å². The molecule has 0 aliphatic heterocycles. The van der Waals surface area contributed by atoms with E-state index in [2.05, 4.69) is 15.9 Å². The van der Waals surface area contributed by atoms with Crippen LogP contribution in [0.1, 0.15) is 21.5 Å². The first kappa shape index (κ1) is 15.7. The fraction of sp³-hybridized carbons (Fsp3) is 0.235. The lowest BCUT2D eigenvalue weighted by molar-refractivity contribution is 0.0753. The van der Waals surface area contributed by atoms with Crippen LogP contribution in [0.3, 0.4) is 0 Å². The van der Waals surface area contributed by atoms with Crippen molar-refractivity contribution in [3.05, 3.63) is 71.0 Å². The molecule has 0 saturated carbocycles. The molecule has 4 heteroatoms. The van der Waals surface area contributed by atoms with Gasteiger partial charge in [-0.1, -0.05) is 52.3 Å². The molecule has 0 atom stereocenters. The molecule has 0 bridgehead atoms. The van der Waals surface area contributed by atoms with E-state index in [0.717, 1.165) is 11.1 Å². The normalized spacial score (nSPS) is 10.4. The Morgan fingerprint density at radius 3 is 2.57 bits per heavy atom. The van der Waals surface area contributed by atoms with E-state index in [1.54, 1.807) is 11.0 Å². The summed E-state index contributed by atoms with van der Waals surface area (Å²) < 4.78 is 13.4. The maximum atomic E-state index is 13.4. The lowest BCUT2D eigenvalue weighted by Gasteiger charge is -2.23. The largest absolute Gasteiger partial charge is 0.333 e. The van der Waals surface area contributed by atoms with Crippen LogP contribution in [0.5, 0.6) is 0 Å². The van der Waals surface area contributed by atoms with Crippen LogP contribution in [-0.4, -0.2) is 22.7 Å². The quantitative estimate of drug-likeness (QED) is 0.741. The second kappa shape index (κ2) is 7.36. The average molecular weight is 350 g/mol. The van der Waals surface area contributed by atoms with Crippen molar-refractivity contribution in [1.29, 1.82) is 0 Å². The first-order valence-corrected chi connectivity index (χ1v) is 7.89. The molecule has 0 aliphatic carbocycles. The molecule has 0 spiro atoms. The van der Waals surface area contributed by atoms with Gasteiger partial charge in [0.05, 0.1) is 0 Å². The van der Waals surface area contributed by atoms with E-state index < -0.39 is 0 Å². The van der Waals surface area contributed by atoms with Crippen molar-refractivity contribution < 1.29 is 9.18 Å². The molecular weight excluding hydrogens is 333 g/mol.